The number of carbonyl (C=O) groups is 1. The molecule has 2 aromatic rings. The van der Waals surface area contributed by atoms with Gasteiger partial charge in [0.15, 0.2) is 24.0 Å². The minimum Gasteiger partial charge on any atom is -0.494 e. The number of ether oxygens (including phenoxy) is 2. The molecule has 0 aromatic heterocycles. The maximum atomic E-state index is 13.6. The lowest BCUT2D eigenvalue weighted by Gasteiger charge is -2.10. The first-order valence-corrected chi connectivity index (χ1v) is 7.55. The molecule has 0 spiro atoms. The van der Waals surface area contributed by atoms with Crippen molar-refractivity contribution in [2.75, 3.05) is 13.7 Å². The Morgan fingerprint density at radius 3 is 2.43 bits per heavy atom. The average Bonchev–Trinajstić information content (AvgIpc) is 2.46. The number of rotatable bonds is 5. The highest BCUT2D eigenvalue weighted by molar-refractivity contribution is 9.11. The van der Waals surface area contributed by atoms with Crippen LogP contribution in [0, 0.1) is 5.82 Å². The molecular weight excluding hydrogens is 407 g/mol. The van der Waals surface area contributed by atoms with E-state index in [2.05, 4.69) is 31.9 Å². The molecule has 2 aromatic carbocycles. The fourth-order valence-corrected chi connectivity index (χ4v) is 2.91. The highest BCUT2D eigenvalue weighted by atomic mass is 79.9. The van der Waals surface area contributed by atoms with Crippen LogP contribution in [0.1, 0.15) is 10.4 Å². The van der Waals surface area contributed by atoms with Crippen LogP contribution in [-0.4, -0.2) is 19.5 Å². The van der Waals surface area contributed by atoms with Crippen LogP contribution in [0.2, 0.25) is 0 Å². The van der Waals surface area contributed by atoms with E-state index in [0.29, 0.717) is 5.75 Å². The molecule has 110 valence electrons. The quantitative estimate of drug-likeness (QED) is 0.666. The van der Waals surface area contributed by atoms with Gasteiger partial charge in [0.1, 0.15) is 5.75 Å². The van der Waals surface area contributed by atoms with Crippen molar-refractivity contribution in [1.82, 2.24) is 0 Å². The summed E-state index contributed by atoms with van der Waals surface area (Å²) in [4.78, 5) is 12.0. The molecule has 0 saturated heterocycles. The van der Waals surface area contributed by atoms with Gasteiger partial charge < -0.3 is 9.47 Å². The zero-order valence-electron chi connectivity index (χ0n) is 11.0. The number of halogens is 3. The van der Waals surface area contributed by atoms with Crippen LogP contribution < -0.4 is 9.47 Å². The third-order valence-corrected chi connectivity index (χ3v) is 3.99. The number of para-hydroxylation sites is 1. The van der Waals surface area contributed by atoms with Gasteiger partial charge in [0.05, 0.1) is 16.1 Å². The van der Waals surface area contributed by atoms with E-state index in [1.165, 1.54) is 19.2 Å². The summed E-state index contributed by atoms with van der Waals surface area (Å²) in [7, 11) is 1.37. The third-order valence-electron chi connectivity index (χ3n) is 2.74. The summed E-state index contributed by atoms with van der Waals surface area (Å²) in [5, 5.41) is 0. The van der Waals surface area contributed by atoms with Gasteiger partial charge in [0.2, 0.25) is 0 Å². The van der Waals surface area contributed by atoms with Gasteiger partial charge in [-0.25, -0.2) is 4.39 Å². The predicted octanol–water partition coefficient (Wildman–Crippen LogP) is 4.62. The minimum absolute atomic E-state index is 0.0982. The Kier molecular flexibility index (Phi) is 5.36. The molecule has 3 nitrogen and oxygen atoms in total. The summed E-state index contributed by atoms with van der Waals surface area (Å²) in [6, 6.07) is 9.50. The summed E-state index contributed by atoms with van der Waals surface area (Å²) >= 11 is 6.68. The van der Waals surface area contributed by atoms with Gasteiger partial charge in [-0.2, -0.15) is 0 Å². The van der Waals surface area contributed by atoms with Crippen molar-refractivity contribution in [3.05, 3.63) is 56.7 Å². The first kappa shape index (κ1) is 16.0. The number of ketones is 1. The van der Waals surface area contributed by atoms with Gasteiger partial charge in [-0.1, -0.05) is 6.07 Å². The number of carbonyl (C=O) groups excluding carboxylic acids is 1. The normalized spacial score (nSPS) is 10.3. The number of hydrogen-bond acceptors (Lipinski definition) is 3. The molecule has 2 rings (SSSR count). The number of Topliss-reactive ketones (excluding diaryl/α,β-unsaturated/α-hetero) is 1. The average molecular weight is 418 g/mol. The summed E-state index contributed by atoms with van der Waals surface area (Å²) in [5.41, 5.74) is 0.233. The molecule has 6 heteroatoms. The van der Waals surface area contributed by atoms with Crippen molar-refractivity contribution in [2.45, 2.75) is 0 Å². The van der Waals surface area contributed by atoms with Crippen molar-refractivity contribution in [1.29, 1.82) is 0 Å². The summed E-state index contributed by atoms with van der Waals surface area (Å²) in [6.45, 7) is -0.188. The zero-order chi connectivity index (χ0) is 15.4. The molecule has 0 aliphatic heterocycles. The Hall–Kier alpha value is -1.40. The Morgan fingerprint density at radius 2 is 1.86 bits per heavy atom. The fourth-order valence-electron chi connectivity index (χ4n) is 1.68. The smallest absolute Gasteiger partial charge is 0.200 e. The first-order valence-electron chi connectivity index (χ1n) is 5.96. The van der Waals surface area contributed by atoms with E-state index in [-0.39, 0.29) is 23.7 Å². The topological polar surface area (TPSA) is 35.5 Å². The highest BCUT2D eigenvalue weighted by Crippen LogP contribution is 2.33. The number of methoxy groups -OCH3 is 1. The maximum absolute atomic E-state index is 13.6. The van der Waals surface area contributed by atoms with Gasteiger partial charge in [-0.3, -0.25) is 4.79 Å². The molecule has 0 radical (unpaired) electrons. The van der Waals surface area contributed by atoms with Crippen molar-refractivity contribution in [3.8, 4) is 11.5 Å². The molecule has 0 atom stereocenters. The van der Waals surface area contributed by atoms with E-state index >= 15 is 0 Å². The summed E-state index contributed by atoms with van der Waals surface area (Å²) < 4.78 is 25.3. The van der Waals surface area contributed by atoms with Crippen LogP contribution in [-0.2, 0) is 0 Å². The lowest BCUT2D eigenvalue weighted by molar-refractivity contribution is 0.0920. The van der Waals surface area contributed by atoms with E-state index in [9.17, 15) is 9.18 Å². The third kappa shape index (κ3) is 3.83. The lowest BCUT2D eigenvalue weighted by Crippen LogP contribution is -2.12. The summed E-state index contributed by atoms with van der Waals surface area (Å²) in [6.07, 6.45) is 0. The molecular formula is C15H11Br2FO3. The van der Waals surface area contributed by atoms with Gasteiger partial charge in [0, 0.05) is 5.56 Å². The van der Waals surface area contributed by atoms with E-state index in [0.717, 1.165) is 15.0 Å². The van der Waals surface area contributed by atoms with Crippen LogP contribution in [0.15, 0.2) is 45.3 Å². The second-order valence-corrected chi connectivity index (χ2v) is 5.82. The van der Waals surface area contributed by atoms with Gasteiger partial charge in [-0.15, -0.1) is 0 Å². The maximum Gasteiger partial charge on any atom is 0.200 e. The van der Waals surface area contributed by atoms with Crippen LogP contribution in [0.4, 0.5) is 4.39 Å². The second-order valence-electron chi connectivity index (χ2n) is 4.11. The molecule has 0 unspecified atom stereocenters. The Morgan fingerprint density at radius 1 is 1.19 bits per heavy atom. The van der Waals surface area contributed by atoms with Gasteiger partial charge >= 0.3 is 0 Å². The Balaban J connectivity index is 2.10. The van der Waals surface area contributed by atoms with Crippen LogP contribution in [0.3, 0.4) is 0 Å². The molecule has 0 saturated carbocycles. The summed E-state index contributed by atoms with van der Waals surface area (Å²) in [5.74, 6) is -0.273. The predicted molar refractivity (Wildman–Crippen MR) is 84.6 cm³/mol. The molecule has 0 aliphatic rings. The Labute approximate surface area is 138 Å². The SMILES string of the molecule is COc1ccc(C(=O)COc2c(Br)cccc2Br)cc1F. The van der Waals surface area contributed by atoms with Crippen LogP contribution in [0.5, 0.6) is 11.5 Å². The zero-order valence-corrected chi connectivity index (χ0v) is 14.2. The molecule has 0 heterocycles. The highest BCUT2D eigenvalue weighted by Gasteiger charge is 2.13. The van der Waals surface area contributed by atoms with Crippen molar-refractivity contribution in [3.63, 3.8) is 0 Å². The molecule has 0 N–H and O–H groups in total. The van der Waals surface area contributed by atoms with Crippen molar-refractivity contribution < 1.29 is 18.7 Å². The largest absolute Gasteiger partial charge is 0.494 e. The Bertz CT molecular complexity index is 654. The van der Waals surface area contributed by atoms with Gasteiger partial charge in [0.25, 0.3) is 0 Å². The molecule has 0 aliphatic carbocycles. The standard InChI is InChI=1S/C15H11Br2FO3/c1-20-14-6-5-9(7-12(14)18)13(19)8-21-15-10(16)3-2-4-11(15)17/h2-7H,8H2,1H3. The fraction of sp³-hybridized carbons (Fsp3) is 0.133. The monoisotopic (exact) mass is 416 g/mol. The molecule has 0 fully saturated rings. The first-order chi connectivity index (χ1) is 10.0. The molecule has 21 heavy (non-hydrogen) atoms. The number of hydrogen-bond donors (Lipinski definition) is 0. The van der Waals surface area contributed by atoms with Gasteiger partial charge in [-0.05, 0) is 62.2 Å². The minimum atomic E-state index is -0.578. The van der Waals surface area contributed by atoms with Crippen molar-refractivity contribution >= 4 is 37.6 Å². The van der Waals surface area contributed by atoms with Crippen LogP contribution >= 0.6 is 31.9 Å². The number of benzene rings is 2. The van der Waals surface area contributed by atoms with Crippen LogP contribution in [0.25, 0.3) is 0 Å². The molecule has 0 bridgehead atoms. The van der Waals surface area contributed by atoms with E-state index in [4.69, 9.17) is 9.47 Å². The molecule has 0 amide bonds. The lowest BCUT2D eigenvalue weighted by atomic mass is 10.1. The van der Waals surface area contributed by atoms with Crippen molar-refractivity contribution in [2.24, 2.45) is 0 Å². The van der Waals surface area contributed by atoms with E-state index < -0.39 is 5.82 Å². The van der Waals surface area contributed by atoms with E-state index in [1.54, 1.807) is 12.1 Å². The van der Waals surface area contributed by atoms with E-state index in [1.807, 2.05) is 6.07 Å². The second kappa shape index (κ2) is 7.04.